The molecule has 1 aromatic carbocycles. The van der Waals surface area contributed by atoms with Crippen molar-refractivity contribution >= 4 is 21.8 Å². The minimum atomic E-state index is -0.469. The summed E-state index contributed by atoms with van der Waals surface area (Å²) in [4.78, 5) is 11.2. The number of hydrogen-bond acceptors (Lipinski definition) is 3. The molecule has 0 unspecified atom stereocenters. The fourth-order valence-corrected chi connectivity index (χ4v) is 2.37. The van der Waals surface area contributed by atoms with E-state index in [1.54, 1.807) is 10.9 Å². The van der Waals surface area contributed by atoms with Crippen LogP contribution in [0.1, 0.15) is 28.8 Å². The van der Waals surface area contributed by atoms with Crippen LogP contribution >= 0.6 is 15.9 Å². The number of halogens is 1. The standard InChI is InChI=1S/C14H15BrN4O/c15-11-2-1-9(6-17-12-3-4-12)13(5-11)19-8-10(7-18-19)14(16)20/h1-2,5,7-8,12,17H,3-4,6H2,(H2,16,20). The fourth-order valence-electron chi connectivity index (χ4n) is 2.02. The van der Waals surface area contributed by atoms with Gasteiger partial charge in [0.25, 0.3) is 5.91 Å². The van der Waals surface area contributed by atoms with Crippen LogP contribution in [0.25, 0.3) is 5.69 Å². The predicted molar refractivity (Wildman–Crippen MR) is 79.6 cm³/mol. The van der Waals surface area contributed by atoms with E-state index in [1.165, 1.54) is 19.0 Å². The van der Waals surface area contributed by atoms with Crippen LogP contribution in [0.3, 0.4) is 0 Å². The van der Waals surface area contributed by atoms with Crippen molar-refractivity contribution in [1.82, 2.24) is 15.1 Å². The Morgan fingerprint density at radius 2 is 2.30 bits per heavy atom. The summed E-state index contributed by atoms with van der Waals surface area (Å²) in [6.45, 7) is 0.791. The lowest BCUT2D eigenvalue weighted by molar-refractivity contribution is 0.100. The lowest BCUT2D eigenvalue weighted by atomic mass is 10.1. The van der Waals surface area contributed by atoms with Crippen molar-refractivity contribution < 1.29 is 4.79 Å². The van der Waals surface area contributed by atoms with Crippen molar-refractivity contribution in [2.24, 2.45) is 5.73 Å². The van der Waals surface area contributed by atoms with Crippen molar-refractivity contribution in [3.8, 4) is 5.69 Å². The van der Waals surface area contributed by atoms with Gasteiger partial charge < -0.3 is 11.1 Å². The Labute approximate surface area is 125 Å². The van der Waals surface area contributed by atoms with E-state index in [4.69, 9.17) is 5.73 Å². The summed E-state index contributed by atoms with van der Waals surface area (Å²) in [6.07, 6.45) is 5.64. The van der Waals surface area contributed by atoms with Gasteiger partial charge in [-0.05, 0) is 30.5 Å². The molecule has 0 atom stereocenters. The number of carbonyl (C=O) groups excluding carboxylic acids is 1. The minimum absolute atomic E-state index is 0.408. The van der Waals surface area contributed by atoms with Gasteiger partial charge in [0, 0.05) is 23.3 Å². The van der Waals surface area contributed by atoms with E-state index >= 15 is 0 Å². The molecular formula is C14H15BrN4O. The van der Waals surface area contributed by atoms with Crippen molar-refractivity contribution in [3.05, 3.63) is 46.2 Å². The zero-order chi connectivity index (χ0) is 14.1. The molecular weight excluding hydrogens is 320 g/mol. The number of primary amides is 1. The van der Waals surface area contributed by atoms with E-state index in [0.29, 0.717) is 11.6 Å². The van der Waals surface area contributed by atoms with E-state index in [9.17, 15) is 4.79 Å². The molecule has 1 aliphatic rings. The molecule has 1 amide bonds. The zero-order valence-electron chi connectivity index (χ0n) is 10.8. The number of hydrogen-bond donors (Lipinski definition) is 2. The summed E-state index contributed by atoms with van der Waals surface area (Å²) in [6, 6.07) is 6.69. The highest BCUT2D eigenvalue weighted by Crippen LogP contribution is 2.23. The van der Waals surface area contributed by atoms with Gasteiger partial charge in [0.1, 0.15) is 0 Å². The van der Waals surface area contributed by atoms with Crippen LogP contribution in [0.5, 0.6) is 0 Å². The number of amides is 1. The van der Waals surface area contributed by atoms with E-state index < -0.39 is 5.91 Å². The maximum Gasteiger partial charge on any atom is 0.251 e. The summed E-state index contributed by atoms with van der Waals surface area (Å²) < 4.78 is 2.66. The average molecular weight is 335 g/mol. The number of nitrogens with two attached hydrogens (primary N) is 1. The summed E-state index contributed by atoms with van der Waals surface area (Å²) >= 11 is 3.47. The quantitative estimate of drug-likeness (QED) is 0.878. The largest absolute Gasteiger partial charge is 0.366 e. The van der Waals surface area contributed by atoms with Crippen LogP contribution in [0.2, 0.25) is 0 Å². The molecule has 0 aliphatic heterocycles. The molecule has 104 valence electrons. The molecule has 0 spiro atoms. The molecule has 20 heavy (non-hydrogen) atoms. The van der Waals surface area contributed by atoms with Gasteiger partial charge >= 0.3 is 0 Å². The van der Waals surface area contributed by atoms with Gasteiger partial charge in [-0.2, -0.15) is 5.10 Å². The van der Waals surface area contributed by atoms with Crippen LogP contribution in [0.15, 0.2) is 35.1 Å². The maximum absolute atomic E-state index is 11.2. The highest BCUT2D eigenvalue weighted by Gasteiger charge is 2.20. The molecule has 1 saturated carbocycles. The van der Waals surface area contributed by atoms with Crippen LogP contribution in [-0.4, -0.2) is 21.7 Å². The van der Waals surface area contributed by atoms with Gasteiger partial charge in [-0.15, -0.1) is 0 Å². The molecule has 0 radical (unpaired) electrons. The molecule has 2 aromatic rings. The summed E-state index contributed by atoms with van der Waals surface area (Å²) in [5.41, 5.74) is 7.76. The molecule has 5 nitrogen and oxygen atoms in total. The number of nitrogens with zero attached hydrogens (tertiary/aromatic N) is 2. The fraction of sp³-hybridized carbons (Fsp3) is 0.286. The lowest BCUT2D eigenvalue weighted by Gasteiger charge is -2.11. The second-order valence-electron chi connectivity index (χ2n) is 4.97. The maximum atomic E-state index is 11.2. The first-order valence-electron chi connectivity index (χ1n) is 6.50. The first kappa shape index (κ1) is 13.3. The Kier molecular flexibility index (Phi) is 3.58. The average Bonchev–Trinajstić information content (AvgIpc) is 3.11. The van der Waals surface area contributed by atoms with Crippen LogP contribution in [0.4, 0.5) is 0 Å². The third kappa shape index (κ3) is 2.91. The topological polar surface area (TPSA) is 72.9 Å². The number of nitrogens with one attached hydrogen (secondary N) is 1. The normalized spacial score (nSPS) is 14.4. The van der Waals surface area contributed by atoms with Gasteiger partial charge in [0.2, 0.25) is 0 Å². The molecule has 0 saturated heterocycles. The predicted octanol–water partition coefficient (Wildman–Crippen LogP) is 1.99. The number of carbonyl (C=O) groups is 1. The first-order chi connectivity index (χ1) is 9.63. The number of rotatable bonds is 5. The molecule has 1 aliphatic carbocycles. The third-order valence-corrected chi connectivity index (χ3v) is 3.81. The molecule has 3 N–H and O–H groups in total. The Morgan fingerprint density at radius 3 is 2.95 bits per heavy atom. The zero-order valence-corrected chi connectivity index (χ0v) is 12.4. The van der Waals surface area contributed by atoms with Gasteiger partial charge in [0.05, 0.1) is 17.4 Å². The van der Waals surface area contributed by atoms with Crippen molar-refractivity contribution in [2.75, 3.05) is 0 Å². The number of aromatic nitrogens is 2. The number of benzene rings is 1. The molecule has 1 fully saturated rings. The van der Waals surface area contributed by atoms with Crippen LogP contribution < -0.4 is 11.1 Å². The van der Waals surface area contributed by atoms with E-state index in [-0.39, 0.29) is 0 Å². The van der Waals surface area contributed by atoms with Gasteiger partial charge in [-0.3, -0.25) is 4.79 Å². The van der Waals surface area contributed by atoms with E-state index in [1.807, 2.05) is 12.1 Å². The SMILES string of the molecule is NC(=O)c1cnn(-c2cc(Br)ccc2CNC2CC2)c1. The Balaban J connectivity index is 1.91. The molecule has 1 aromatic heterocycles. The Hall–Kier alpha value is -1.66. The highest BCUT2D eigenvalue weighted by molar-refractivity contribution is 9.10. The smallest absolute Gasteiger partial charge is 0.251 e. The second kappa shape index (κ2) is 5.38. The van der Waals surface area contributed by atoms with Crippen molar-refractivity contribution in [3.63, 3.8) is 0 Å². The molecule has 3 rings (SSSR count). The van der Waals surface area contributed by atoms with Crippen LogP contribution in [0, 0.1) is 0 Å². The van der Waals surface area contributed by atoms with E-state index in [2.05, 4.69) is 32.4 Å². The van der Waals surface area contributed by atoms with Crippen LogP contribution in [-0.2, 0) is 6.54 Å². The summed E-state index contributed by atoms with van der Waals surface area (Å²) in [7, 11) is 0. The van der Waals surface area contributed by atoms with Gasteiger partial charge in [-0.1, -0.05) is 22.0 Å². The monoisotopic (exact) mass is 334 g/mol. The summed E-state index contributed by atoms with van der Waals surface area (Å²) in [5, 5.41) is 7.70. The summed E-state index contributed by atoms with van der Waals surface area (Å²) in [5.74, 6) is -0.469. The minimum Gasteiger partial charge on any atom is -0.366 e. The van der Waals surface area contributed by atoms with Crippen molar-refractivity contribution in [1.29, 1.82) is 0 Å². The van der Waals surface area contributed by atoms with E-state index in [0.717, 1.165) is 22.3 Å². The third-order valence-electron chi connectivity index (χ3n) is 3.32. The van der Waals surface area contributed by atoms with Gasteiger partial charge in [-0.25, -0.2) is 4.68 Å². The molecule has 6 heteroatoms. The Morgan fingerprint density at radius 1 is 1.50 bits per heavy atom. The Bertz CT molecular complexity index is 648. The van der Waals surface area contributed by atoms with Gasteiger partial charge in [0.15, 0.2) is 0 Å². The molecule has 1 heterocycles. The highest BCUT2D eigenvalue weighted by atomic mass is 79.9. The second-order valence-corrected chi connectivity index (χ2v) is 5.88. The molecule has 0 bridgehead atoms. The first-order valence-corrected chi connectivity index (χ1v) is 7.29. The van der Waals surface area contributed by atoms with Crippen molar-refractivity contribution in [2.45, 2.75) is 25.4 Å². The lowest BCUT2D eigenvalue weighted by Crippen LogP contribution is -2.17.